The summed E-state index contributed by atoms with van der Waals surface area (Å²) in [5.74, 6) is -2.12. The van der Waals surface area contributed by atoms with Crippen LogP contribution < -0.4 is 11.1 Å². The standard InChI is InChI=1S/C14H18F2N2O/c1-9-4-3-7-14(17,8-9)13(19)18-11-6-2-5-10(15)12(11)16/h2,5-6,9H,3-4,7-8,17H2,1H3,(H,18,19). The first kappa shape index (κ1) is 13.9. The van der Waals surface area contributed by atoms with Gasteiger partial charge >= 0.3 is 0 Å². The van der Waals surface area contributed by atoms with E-state index < -0.39 is 23.1 Å². The zero-order chi connectivity index (χ0) is 14.0. The molecule has 5 heteroatoms. The van der Waals surface area contributed by atoms with Gasteiger partial charge in [0.25, 0.3) is 0 Å². The Labute approximate surface area is 111 Å². The molecular formula is C14H18F2N2O. The molecular weight excluding hydrogens is 250 g/mol. The van der Waals surface area contributed by atoms with Crippen LogP contribution in [0.5, 0.6) is 0 Å². The van der Waals surface area contributed by atoms with E-state index in [0.29, 0.717) is 18.8 Å². The minimum atomic E-state index is -1.05. The monoisotopic (exact) mass is 268 g/mol. The molecule has 1 aromatic rings. The molecule has 1 aliphatic rings. The minimum Gasteiger partial charge on any atom is -0.322 e. The molecule has 0 heterocycles. The first-order chi connectivity index (χ1) is 8.92. The third kappa shape index (κ3) is 2.92. The van der Waals surface area contributed by atoms with Crippen LogP contribution in [0.15, 0.2) is 18.2 Å². The van der Waals surface area contributed by atoms with Gasteiger partial charge in [-0.25, -0.2) is 8.78 Å². The van der Waals surface area contributed by atoms with E-state index in [2.05, 4.69) is 5.32 Å². The molecule has 1 aliphatic carbocycles. The van der Waals surface area contributed by atoms with Gasteiger partial charge < -0.3 is 11.1 Å². The fourth-order valence-corrected chi connectivity index (χ4v) is 2.65. The molecule has 0 aromatic heterocycles. The van der Waals surface area contributed by atoms with Crippen LogP contribution in [0.2, 0.25) is 0 Å². The summed E-state index contributed by atoms with van der Waals surface area (Å²) >= 11 is 0. The highest BCUT2D eigenvalue weighted by molar-refractivity contribution is 5.98. The quantitative estimate of drug-likeness (QED) is 0.866. The van der Waals surface area contributed by atoms with Crippen molar-refractivity contribution in [2.75, 3.05) is 5.32 Å². The Kier molecular flexibility index (Phi) is 3.85. The SMILES string of the molecule is CC1CCCC(N)(C(=O)Nc2cccc(F)c2F)C1. The summed E-state index contributed by atoms with van der Waals surface area (Å²) in [4.78, 5) is 12.2. The average molecular weight is 268 g/mol. The molecule has 19 heavy (non-hydrogen) atoms. The number of rotatable bonds is 2. The lowest BCUT2D eigenvalue weighted by atomic mass is 9.76. The first-order valence-electron chi connectivity index (χ1n) is 6.47. The molecule has 0 bridgehead atoms. The highest BCUT2D eigenvalue weighted by Gasteiger charge is 2.38. The van der Waals surface area contributed by atoms with Crippen molar-refractivity contribution in [1.29, 1.82) is 0 Å². The Morgan fingerprint density at radius 2 is 2.21 bits per heavy atom. The second-order valence-corrected chi connectivity index (χ2v) is 5.41. The van der Waals surface area contributed by atoms with E-state index in [9.17, 15) is 13.6 Å². The van der Waals surface area contributed by atoms with E-state index in [4.69, 9.17) is 5.73 Å². The van der Waals surface area contributed by atoms with E-state index in [1.165, 1.54) is 12.1 Å². The van der Waals surface area contributed by atoms with Crippen LogP contribution in [0.1, 0.15) is 32.6 Å². The van der Waals surface area contributed by atoms with E-state index in [1.54, 1.807) is 0 Å². The number of amides is 1. The zero-order valence-electron chi connectivity index (χ0n) is 10.9. The van der Waals surface area contributed by atoms with Crippen molar-refractivity contribution in [3.05, 3.63) is 29.8 Å². The van der Waals surface area contributed by atoms with Crippen molar-refractivity contribution in [1.82, 2.24) is 0 Å². The fourth-order valence-electron chi connectivity index (χ4n) is 2.65. The van der Waals surface area contributed by atoms with Crippen molar-refractivity contribution in [2.24, 2.45) is 11.7 Å². The normalized spacial score (nSPS) is 27.1. The molecule has 2 atom stereocenters. The largest absolute Gasteiger partial charge is 0.322 e. The maximum absolute atomic E-state index is 13.5. The molecule has 0 saturated heterocycles. The average Bonchev–Trinajstić information content (AvgIpc) is 2.34. The fraction of sp³-hybridized carbons (Fsp3) is 0.500. The van der Waals surface area contributed by atoms with Crippen molar-refractivity contribution in [3.8, 4) is 0 Å². The molecule has 2 unspecified atom stereocenters. The summed E-state index contributed by atoms with van der Waals surface area (Å²) in [6.45, 7) is 2.04. The molecule has 1 aromatic carbocycles. The lowest BCUT2D eigenvalue weighted by Gasteiger charge is -2.35. The number of anilines is 1. The van der Waals surface area contributed by atoms with Gasteiger partial charge in [-0.3, -0.25) is 4.79 Å². The first-order valence-corrected chi connectivity index (χ1v) is 6.47. The highest BCUT2D eigenvalue weighted by Crippen LogP contribution is 2.31. The zero-order valence-corrected chi connectivity index (χ0v) is 10.9. The van der Waals surface area contributed by atoms with Gasteiger partial charge in [0.2, 0.25) is 5.91 Å². The number of benzene rings is 1. The molecule has 3 N–H and O–H groups in total. The Morgan fingerprint density at radius 1 is 1.47 bits per heavy atom. The summed E-state index contributed by atoms with van der Waals surface area (Å²) in [7, 11) is 0. The van der Waals surface area contributed by atoms with Crippen LogP contribution in [0, 0.1) is 17.6 Å². The second kappa shape index (κ2) is 5.25. The van der Waals surface area contributed by atoms with Gasteiger partial charge in [-0.2, -0.15) is 0 Å². The molecule has 1 fully saturated rings. The van der Waals surface area contributed by atoms with E-state index in [1.807, 2.05) is 6.92 Å². The summed E-state index contributed by atoms with van der Waals surface area (Å²) in [5.41, 5.74) is 4.95. The van der Waals surface area contributed by atoms with Crippen molar-refractivity contribution in [3.63, 3.8) is 0 Å². The van der Waals surface area contributed by atoms with E-state index in [0.717, 1.165) is 18.9 Å². The third-order valence-electron chi connectivity index (χ3n) is 3.68. The molecule has 2 rings (SSSR count). The number of nitrogens with two attached hydrogens (primary N) is 1. The summed E-state index contributed by atoms with van der Waals surface area (Å²) in [5, 5.41) is 2.40. The number of carbonyl (C=O) groups excluding carboxylic acids is 1. The summed E-state index contributed by atoms with van der Waals surface area (Å²) < 4.78 is 26.6. The Hall–Kier alpha value is -1.49. The Balaban J connectivity index is 2.14. The highest BCUT2D eigenvalue weighted by atomic mass is 19.2. The Bertz CT molecular complexity index is 492. The third-order valence-corrected chi connectivity index (χ3v) is 3.68. The van der Waals surface area contributed by atoms with Crippen LogP contribution >= 0.6 is 0 Å². The van der Waals surface area contributed by atoms with Gasteiger partial charge in [-0.15, -0.1) is 0 Å². The maximum atomic E-state index is 13.5. The van der Waals surface area contributed by atoms with Crippen LogP contribution in [0.25, 0.3) is 0 Å². The molecule has 1 saturated carbocycles. The Morgan fingerprint density at radius 3 is 2.89 bits per heavy atom. The van der Waals surface area contributed by atoms with Crippen LogP contribution in [0.3, 0.4) is 0 Å². The number of hydrogen-bond donors (Lipinski definition) is 2. The maximum Gasteiger partial charge on any atom is 0.244 e. The van der Waals surface area contributed by atoms with Crippen LogP contribution in [0.4, 0.5) is 14.5 Å². The smallest absolute Gasteiger partial charge is 0.244 e. The molecule has 0 spiro atoms. The lowest BCUT2D eigenvalue weighted by Crippen LogP contribution is -2.53. The molecule has 3 nitrogen and oxygen atoms in total. The number of hydrogen-bond acceptors (Lipinski definition) is 2. The van der Waals surface area contributed by atoms with Crippen LogP contribution in [-0.4, -0.2) is 11.4 Å². The molecule has 0 aliphatic heterocycles. The molecule has 0 radical (unpaired) electrons. The summed E-state index contributed by atoms with van der Waals surface area (Å²) in [6, 6.07) is 3.68. The summed E-state index contributed by atoms with van der Waals surface area (Å²) in [6.07, 6.45) is 3.05. The van der Waals surface area contributed by atoms with Gasteiger partial charge in [-0.1, -0.05) is 25.8 Å². The van der Waals surface area contributed by atoms with Gasteiger partial charge in [0.1, 0.15) is 0 Å². The van der Waals surface area contributed by atoms with E-state index in [-0.39, 0.29) is 5.69 Å². The van der Waals surface area contributed by atoms with Crippen molar-refractivity contribution < 1.29 is 13.6 Å². The van der Waals surface area contributed by atoms with Gasteiger partial charge in [0.15, 0.2) is 11.6 Å². The predicted octanol–water partition coefficient (Wildman–Crippen LogP) is 2.81. The predicted molar refractivity (Wildman–Crippen MR) is 69.5 cm³/mol. The van der Waals surface area contributed by atoms with Crippen LogP contribution in [-0.2, 0) is 4.79 Å². The molecule has 1 amide bonds. The van der Waals surface area contributed by atoms with E-state index >= 15 is 0 Å². The molecule has 104 valence electrons. The van der Waals surface area contributed by atoms with Gasteiger partial charge in [0, 0.05) is 0 Å². The van der Waals surface area contributed by atoms with Crippen molar-refractivity contribution >= 4 is 11.6 Å². The lowest BCUT2D eigenvalue weighted by molar-refractivity contribution is -0.122. The van der Waals surface area contributed by atoms with Crippen molar-refractivity contribution in [2.45, 2.75) is 38.1 Å². The number of carbonyl (C=O) groups is 1. The minimum absolute atomic E-state index is 0.159. The van der Waals surface area contributed by atoms with Gasteiger partial charge in [-0.05, 0) is 30.9 Å². The number of halogens is 2. The number of nitrogens with one attached hydrogen (secondary N) is 1. The second-order valence-electron chi connectivity index (χ2n) is 5.41. The topological polar surface area (TPSA) is 55.1 Å². The van der Waals surface area contributed by atoms with Gasteiger partial charge in [0.05, 0.1) is 11.2 Å².